The lowest BCUT2D eigenvalue weighted by Gasteiger charge is -2.13. The molecule has 0 aliphatic carbocycles. The zero-order valence-electron chi connectivity index (χ0n) is 15.8. The number of carbonyl (C=O) groups is 1. The van der Waals surface area contributed by atoms with Crippen molar-refractivity contribution >= 4 is 11.9 Å². The number of hydrogen-bond donors (Lipinski definition) is 3. The molecule has 0 aliphatic heterocycles. The second kappa shape index (κ2) is 10.4. The van der Waals surface area contributed by atoms with Crippen molar-refractivity contribution < 1.29 is 22.4 Å². The first kappa shape index (κ1) is 22.2. The summed E-state index contributed by atoms with van der Waals surface area (Å²) in [7, 11) is 1.53. The Morgan fingerprint density at radius 3 is 2.34 bits per heavy atom. The molecule has 156 valence electrons. The Kier molecular flexibility index (Phi) is 7.99. The molecule has 2 aromatic rings. The van der Waals surface area contributed by atoms with Crippen molar-refractivity contribution in [1.82, 2.24) is 16.0 Å². The second-order valence-electron chi connectivity index (χ2n) is 6.21. The lowest BCUT2D eigenvalue weighted by atomic mass is 10.1. The van der Waals surface area contributed by atoms with Crippen molar-refractivity contribution in [1.29, 1.82) is 0 Å². The number of carbonyl (C=O) groups excluding carboxylic acids is 1. The Balaban J connectivity index is 1.72. The molecule has 0 saturated heterocycles. The quantitative estimate of drug-likeness (QED) is 0.285. The minimum absolute atomic E-state index is 0.0697. The van der Waals surface area contributed by atoms with Crippen LogP contribution < -0.4 is 16.0 Å². The van der Waals surface area contributed by atoms with E-state index in [1.165, 1.54) is 25.2 Å². The monoisotopic (exact) mass is 410 g/mol. The molecule has 5 nitrogen and oxygen atoms in total. The third-order valence-corrected chi connectivity index (χ3v) is 3.93. The second-order valence-corrected chi connectivity index (χ2v) is 6.21. The molecule has 0 unspecified atom stereocenters. The maximum absolute atomic E-state index is 13.1. The lowest BCUT2D eigenvalue weighted by Crippen LogP contribution is -2.41. The van der Waals surface area contributed by atoms with Crippen LogP contribution in [0.2, 0.25) is 0 Å². The van der Waals surface area contributed by atoms with E-state index in [9.17, 15) is 22.4 Å². The average Bonchev–Trinajstić information content (AvgIpc) is 2.67. The first-order valence-electron chi connectivity index (χ1n) is 8.89. The van der Waals surface area contributed by atoms with E-state index in [2.05, 4.69) is 20.9 Å². The number of halogens is 4. The van der Waals surface area contributed by atoms with Gasteiger partial charge in [0.1, 0.15) is 5.82 Å². The van der Waals surface area contributed by atoms with Gasteiger partial charge in [-0.05, 0) is 35.4 Å². The maximum atomic E-state index is 13.1. The highest BCUT2D eigenvalue weighted by Crippen LogP contribution is 2.29. The molecule has 0 aliphatic rings. The van der Waals surface area contributed by atoms with Crippen molar-refractivity contribution in [2.45, 2.75) is 19.1 Å². The molecule has 0 fully saturated rings. The molecule has 9 heteroatoms. The lowest BCUT2D eigenvalue weighted by molar-refractivity contribution is -0.137. The molecule has 0 bridgehead atoms. The minimum atomic E-state index is -4.39. The van der Waals surface area contributed by atoms with Crippen LogP contribution in [0.1, 0.15) is 16.7 Å². The van der Waals surface area contributed by atoms with Gasteiger partial charge in [-0.15, -0.1) is 0 Å². The van der Waals surface area contributed by atoms with Crippen molar-refractivity contribution in [3.8, 4) is 0 Å². The van der Waals surface area contributed by atoms with E-state index in [-0.39, 0.29) is 18.9 Å². The van der Waals surface area contributed by atoms with Crippen LogP contribution in [0.25, 0.3) is 0 Å². The van der Waals surface area contributed by atoms with E-state index in [4.69, 9.17) is 0 Å². The molecule has 0 aromatic heterocycles. The molecular formula is C20H22F4N4O. The largest absolute Gasteiger partial charge is 0.416 e. The molecule has 0 heterocycles. The van der Waals surface area contributed by atoms with Crippen LogP contribution in [0.3, 0.4) is 0 Å². The Morgan fingerprint density at radius 1 is 0.966 bits per heavy atom. The zero-order valence-corrected chi connectivity index (χ0v) is 15.8. The van der Waals surface area contributed by atoms with Crippen molar-refractivity contribution in [2.24, 2.45) is 4.99 Å². The van der Waals surface area contributed by atoms with Gasteiger partial charge in [0.05, 0.1) is 12.0 Å². The summed E-state index contributed by atoms with van der Waals surface area (Å²) in [4.78, 5) is 15.8. The summed E-state index contributed by atoms with van der Waals surface area (Å²) in [5.74, 6) is -0.251. The van der Waals surface area contributed by atoms with E-state index < -0.39 is 17.6 Å². The van der Waals surface area contributed by atoms with Crippen LogP contribution in [0.4, 0.5) is 17.6 Å². The van der Waals surface area contributed by atoms with E-state index in [1.807, 2.05) is 0 Å². The molecule has 0 saturated carbocycles. The first-order chi connectivity index (χ1) is 13.8. The highest BCUT2D eigenvalue weighted by Gasteiger charge is 2.30. The van der Waals surface area contributed by atoms with Crippen LogP contribution in [0.5, 0.6) is 0 Å². The van der Waals surface area contributed by atoms with Gasteiger partial charge in [0, 0.05) is 26.7 Å². The highest BCUT2D eigenvalue weighted by molar-refractivity contribution is 5.80. The predicted molar refractivity (Wildman–Crippen MR) is 103 cm³/mol. The fourth-order valence-electron chi connectivity index (χ4n) is 2.54. The Labute approximate surface area is 166 Å². The van der Waals surface area contributed by atoms with Gasteiger partial charge in [-0.25, -0.2) is 4.39 Å². The summed E-state index contributed by atoms with van der Waals surface area (Å²) >= 11 is 0. The molecule has 0 radical (unpaired) electrons. The van der Waals surface area contributed by atoms with E-state index >= 15 is 0 Å². The predicted octanol–water partition coefficient (Wildman–Crippen LogP) is 2.87. The first-order valence-corrected chi connectivity index (χ1v) is 8.89. The van der Waals surface area contributed by atoms with Crippen LogP contribution >= 0.6 is 0 Å². The highest BCUT2D eigenvalue weighted by atomic mass is 19.4. The SMILES string of the molecule is CN=C(NCCNC(=O)Cc1cccc(F)c1)NCc1cccc(C(F)(F)F)c1. The van der Waals surface area contributed by atoms with Gasteiger partial charge in [0.15, 0.2) is 5.96 Å². The number of guanidine groups is 1. The van der Waals surface area contributed by atoms with Gasteiger partial charge in [-0.1, -0.05) is 24.3 Å². The molecule has 0 atom stereocenters. The number of nitrogens with zero attached hydrogens (tertiary/aromatic N) is 1. The number of nitrogens with one attached hydrogen (secondary N) is 3. The summed E-state index contributed by atoms with van der Waals surface area (Å²) in [6.45, 7) is 0.824. The summed E-state index contributed by atoms with van der Waals surface area (Å²) < 4.78 is 51.4. The number of benzene rings is 2. The van der Waals surface area contributed by atoms with Crippen LogP contribution in [-0.2, 0) is 23.9 Å². The molecule has 2 aromatic carbocycles. The van der Waals surface area contributed by atoms with Crippen LogP contribution in [0, 0.1) is 5.82 Å². The van der Waals surface area contributed by atoms with Gasteiger partial charge in [0.2, 0.25) is 5.91 Å². The van der Waals surface area contributed by atoms with Gasteiger partial charge < -0.3 is 16.0 Å². The minimum Gasteiger partial charge on any atom is -0.355 e. The number of hydrogen-bond acceptors (Lipinski definition) is 2. The molecule has 29 heavy (non-hydrogen) atoms. The van der Waals surface area contributed by atoms with Crippen molar-refractivity contribution in [3.05, 3.63) is 71.0 Å². The number of amides is 1. The number of aliphatic imine (C=N–C) groups is 1. The third kappa shape index (κ3) is 7.81. The molecule has 0 spiro atoms. The van der Waals surface area contributed by atoms with Crippen molar-refractivity contribution in [3.63, 3.8) is 0 Å². The van der Waals surface area contributed by atoms with E-state index in [1.54, 1.807) is 18.2 Å². The summed E-state index contributed by atoms with van der Waals surface area (Å²) in [5.41, 5.74) is 0.334. The Bertz CT molecular complexity index is 852. The fraction of sp³-hybridized carbons (Fsp3) is 0.300. The number of alkyl halides is 3. The summed E-state index contributed by atoms with van der Waals surface area (Å²) in [6.07, 6.45) is -4.32. The Morgan fingerprint density at radius 2 is 1.66 bits per heavy atom. The van der Waals surface area contributed by atoms with Crippen LogP contribution in [0.15, 0.2) is 53.5 Å². The van der Waals surface area contributed by atoms with E-state index in [0.29, 0.717) is 30.2 Å². The van der Waals surface area contributed by atoms with Crippen molar-refractivity contribution in [2.75, 3.05) is 20.1 Å². The van der Waals surface area contributed by atoms with Gasteiger partial charge in [-0.2, -0.15) is 13.2 Å². The zero-order chi connectivity index (χ0) is 21.3. The summed E-state index contributed by atoms with van der Waals surface area (Å²) in [5, 5.41) is 8.57. The van der Waals surface area contributed by atoms with Gasteiger partial charge in [-0.3, -0.25) is 9.79 Å². The van der Waals surface area contributed by atoms with Crippen LogP contribution in [-0.4, -0.2) is 32.0 Å². The number of rotatable bonds is 7. The average molecular weight is 410 g/mol. The molecule has 3 N–H and O–H groups in total. The Hall–Kier alpha value is -3.10. The normalized spacial score (nSPS) is 11.8. The van der Waals surface area contributed by atoms with E-state index in [0.717, 1.165) is 12.1 Å². The maximum Gasteiger partial charge on any atom is 0.416 e. The molecule has 2 rings (SSSR count). The smallest absolute Gasteiger partial charge is 0.355 e. The molecule has 1 amide bonds. The summed E-state index contributed by atoms with van der Waals surface area (Å²) in [6, 6.07) is 10.9. The fourth-order valence-corrected chi connectivity index (χ4v) is 2.54. The molecular weight excluding hydrogens is 388 g/mol. The topological polar surface area (TPSA) is 65.5 Å². The third-order valence-electron chi connectivity index (χ3n) is 3.93. The van der Waals surface area contributed by atoms with Gasteiger partial charge >= 0.3 is 6.18 Å². The standard InChI is InChI=1S/C20H22F4N4O/c1-25-19(28-13-15-5-2-6-16(10-15)20(22,23)24)27-9-8-26-18(29)12-14-4-3-7-17(21)11-14/h2-7,10-11H,8-9,12-13H2,1H3,(H,26,29)(H2,25,27,28). The van der Waals surface area contributed by atoms with Gasteiger partial charge in [0.25, 0.3) is 0 Å².